The summed E-state index contributed by atoms with van der Waals surface area (Å²) in [5.74, 6) is -3.98. The molecular weight excluding hydrogens is 419 g/mol. The smallest absolute Gasteiger partial charge is 0.475 e. The Labute approximate surface area is 175 Å². The number of carbonyl (C=O) groups excluding carboxylic acids is 2. The highest BCUT2D eigenvalue weighted by Gasteiger charge is 2.38. The second-order valence-electron chi connectivity index (χ2n) is 6.59. The molecule has 1 unspecified atom stereocenters. The first-order chi connectivity index (χ1) is 14.7. The standard InChI is InChI=1S/C17H21N5O2.C2HF3O2/c23-16(17(24)20-13-5-4-9-18-11-13)19-12-14-8-10-22(21-14)15-6-2-1-3-7-15;3-2(4,5)1(6)7/h1-3,6-8,10,13,18H,4-5,9,11-12H2,(H,19,23)(H,20,24);(H,6,7). The fourth-order valence-electron chi connectivity index (χ4n) is 2.66. The van der Waals surface area contributed by atoms with Gasteiger partial charge in [0.25, 0.3) is 0 Å². The Morgan fingerprint density at radius 3 is 2.42 bits per heavy atom. The summed E-state index contributed by atoms with van der Waals surface area (Å²) in [5.41, 5.74) is 1.64. The number of aliphatic carboxylic acids is 1. The summed E-state index contributed by atoms with van der Waals surface area (Å²) < 4.78 is 33.5. The van der Waals surface area contributed by atoms with E-state index in [0.29, 0.717) is 12.2 Å². The summed E-state index contributed by atoms with van der Waals surface area (Å²) in [7, 11) is 0. The van der Waals surface area contributed by atoms with Crippen molar-refractivity contribution in [3.8, 4) is 5.69 Å². The normalized spacial score (nSPS) is 15.9. The molecule has 0 bridgehead atoms. The largest absolute Gasteiger partial charge is 0.490 e. The van der Waals surface area contributed by atoms with E-state index in [0.717, 1.165) is 25.1 Å². The number of aromatic nitrogens is 2. The molecule has 31 heavy (non-hydrogen) atoms. The lowest BCUT2D eigenvalue weighted by Crippen LogP contribution is -2.50. The molecule has 12 heteroatoms. The Hall–Kier alpha value is -3.41. The predicted molar refractivity (Wildman–Crippen MR) is 103 cm³/mol. The lowest BCUT2D eigenvalue weighted by atomic mass is 10.1. The number of alkyl halides is 3. The molecule has 0 aliphatic carbocycles. The molecule has 2 amide bonds. The fraction of sp³-hybridized carbons (Fsp3) is 0.368. The van der Waals surface area contributed by atoms with Crippen LogP contribution >= 0.6 is 0 Å². The summed E-state index contributed by atoms with van der Waals surface area (Å²) in [6.45, 7) is 1.89. The lowest BCUT2D eigenvalue weighted by Gasteiger charge is -2.23. The Morgan fingerprint density at radius 2 is 1.84 bits per heavy atom. The van der Waals surface area contributed by atoms with Gasteiger partial charge in [-0.2, -0.15) is 18.3 Å². The van der Waals surface area contributed by atoms with Crippen molar-refractivity contribution in [3.63, 3.8) is 0 Å². The monoisotopic (exact) mass is 441 g/mol. The van der Waals surface area contributed by atoms with Gasteiger partial charge in [0.1, 0.15) is 0 Å². The summed E-state index contributed by atoms with van der Waals surface area (Å²) in [6, 6.07) is 11.5. The van der Waals surface area contributed by atoms with Gasteiger partial charge in [-0.1, -0.05) is 18.2 Å². The highest BCUT2D eigenvalue weighted by Crippen LogP contribution is 2.13. The zero-order valence-corrected chi connectivity index (χ0v) is 16.4. The summed E-state index contributed by atoms with van der Waals surface area (Å²) in [5, 5.41) is 20.1. The quantitative estimate of drug-likeness (QED) is 0.525. The molecule has 2 heterocycles. The molecule has 1 saturated heterocycles. The minimum Gasteiger partial charge on any atom is -0.475 e. The van der Waals surface area contributed by atoms with Gasteiger partial charge >= 0.3 is 24.0 Å². The number of halogens is 3. The molecule has 1 aliphatic rings. The van der Waals surface area contributed by atoms with Gasteiger partial charge in [0.05, 0.1) is 17.9 Å². The Bertz CT molecular complexity index is 880. The third-order valence-corrected chi connectivity index (χ3v) is 4.18. The summed E-state index contributed by atoms with van der Waals surface area (Å²) >= 11 is 0. The van der Waals surface area contributed by atoms with Gasteiger partial charge in [0, 0.05) is 18.8 Å². The van der Waals surface area contributed by atoms with Crippen LogP contribution < -0.4 is 16.0 Å². The van der Waals surface area contributed by atoms with Crippen molar-refractivity contribution in [1.29, 1.82) is 0 Å². The molecule has 0 saturated carbocycles. The molecule has 1 atom stereocenters. The minimum absolute atomic E-state index is 0.0225. The van der Waals surface area contributed by atoms with Crippen LogP contribution in [0.15, 0.2) is 42.6 Å². The van der Waals surface area contributed by atoms with E-state index in [2.05, 4.69) is 21.0 Å². The number of benzene rings is 1. The molecule has 1 aromatic carbocycles. The first kappa shape index (κ1) is 23.9. The van der Waals surface area contributed by atoms with Crippen molar-refractivity contribution in [2.75, 3.05) is 13.1 Å². The first-order valence-electron chi connectivity index (χ1n) is 9.36. The van der Waals surface area contributed by atoms with E-state index in [1.807, 2.05) is 42.6 Å². The van der Waals surface area contributed by atoms with Crippen LogP contribution in [0.3, 0.4) is 0 Å². The molecule has 1 fully saturated rings. The minimum atomic E-state index is -5.08. The van der Waals surface area contributed by atoms with Gasteiger partial charge in [-0.25, -0.2) is 9.48 Å². The van der Waals surface area contributed by atoms with E-state index in [-0.39, 0.29) is 12.6 Å². The van der Waals surface area contributed by atoms with Gasteiger partial charge < -0.3 is 21.1 Å². The first-order valence-corrected chi connectivity index (χ1v) is 9.36. The molecule has 0 radical (unpaired) electrons. The highest BCUT2D eigenvalue weighted by atomic mass is 19.4. The topological polar surface area (TPSA) is 125 Å². The van der Waals surface area contributed by atoms with Gasteiger partial charge in [-0.3, -0.25) is 9.59 Å². The van der Waals surface area contributed by atoms with E-state index in [1.54, 1.807) is 4.68 Å². The van der Waals surface area contributed by atoms with Crippen LogP contribution in [0.2, 0.25) is 0 Å². The van der Waals surface area contributed by atoms with Crippen molar-refractivity contribution < 1.29 is 32.7 Å². The molecule has 2 aromatic rings. The van der Waals surface area contributed by atoms with E-state index < -0.39 is 24.0 Å². The van der Waals surface area contributed by atoms with Crippen LogP contribution in [0.5, 0.6) is 0 Å². The third kappa shape index (κ3) is 8.09. The SMILES string of the molecule is O=C(NCc1ccn(-c2ccccc2)n1)C(=O)NC1CCCNC1.O=C(O)C(F)(F)F. The molecule has 3 rings (SSSR count). The van der Waals surface area contributed by atoms with Crippen LogP contribution in [0, 0.1) is 0 Å². The maximum atomic E-state index is 11.9. The zero-order chi connectivity index (χ0) is 22.9. The number of carboxylic acids is 1. The molecule has 1 aliphatic heterocycles. The second-order valence-corrected chi connectivity index (χ2v) is 6.59. The van der Waals surface area contributed by atoms with Crippen molar-refractivity contribution >= 4 is 17.8 Å². The number of para-hydroxylation sites is 1. The summed E-state index contributed by atoms with van der Waals surface area (Å²) in [4.78, 5) is 32.7. The van der Waals surface area contributed by atoms with E-state index in [4.69, 9.17) is 9.90 Å². The van der Waals surface area contributed by atoms with Crippen molar-refractivity contribution in [2.45, 2.75) is 31.6 Å². The molecule has 1 aromatic heterocycles. The Morgan fingerprint density at radius 1 is 1.16 bits per heavy atom. The maximum absolute atomic E-state index is 11.9. The number of hydrogen-bond acceptors (Lipinski definition) is 5. The zero-order valence-electron chi connectivity index (χ0n) is 16.4. The van der Waals surface area contributed by atoms with Crippen LogP contribution in [0.25, 0.3) is 5.69 Å². The number of piperidine rings is 1. The molecule has 168 valence electrons. The number of carbonyl (C=O) groups is 3. The van der Waals surface area contributed by atoms with Crippen molar-refractivity contribution in [2.24, 2.45) is 0 Å². The van der Waals surface area contributed by atoms with Crippen LogP contribution in [-0.4, -0.2) is 58.0 Å². The van der Waals surface area contributed by atoms with Gasteiger partial charge in [-0.15, -0.1) is 0 Å². The average molecular weight is 441 g/mol. The van der Waals surface area contributed by atoms with Gasteiger partial charge in [0.2, 0.25) is 0 Å². The van der Waals surface area contributed by atoms with Crippen LogP contribution in [0.4, 0.5) is 13.2 Å². The summed E-state index contributed by atoms with van der Waals surface area (Å²) in [6.07, 6.45) is -1.36. The van der Waals surface area contributed by atoms with E-state index in [1.165, 1.54) is 0 Å². The second kappa shape index (κ2) is 11.1. The number of nitrogens with zero attached hydrogens (tertiary/aromatic N) is 2. The number of hydrogen-bond donors (Lipinski definition) is 4. The van der Waals surface area contributed by atoms with E-state index in [9.17, 15) is 22.8 Å². The van der Waals surface area contributed by atoms with Gasteiger partial charge in [-0.05, 0) is 37.6 Å². The third-order valence-electron chi connectivity index (χ3n) is 4.18. The lowest BCUT2D eigenvalue weighted by molar-refractivity contribution is -0.192. The fourth-order valence-corrected chi connectivity index (χ4v) is 2.66. The predicted octanol–water partition coefficient (Wildman–Crippen LogP) is 0.990. The van der Waals surface area contributed by atoms with Gasteiger partial charge in [0.15, 0.2) is 0 Å². The van der Waals surface area contributed by atoms with Crippen molar-refractivity contribution in [3.05, 3.63) is 48.3 Å². The number of carboxylic acid groups (broad SMARTS) is 1. The number of rotatable bonds is 4. The molecule has 4 N–H and O–H groups in total. The number of nitrogens with one attached hydrogen (secondary N) is 3. The average Bonchev–Trinajstić information content (AvgIpc) is 3.22. The Balaban J connectivity index is 0.000000423. The van der Waals surface area contributed by atoms with E-state index >= 15 is 0 Å². The van der Waals surface area contributed by atoms with Crippen LogP contribution in [-0.2, 0) is 20.9 Å². The highest BCUT2D eigenvalue weighted by molar-refractivity contribution is 6.35. The maximum Gasteiger partial charge on any atom is 0.490 e. The van der Waals surface area contributed by atoms with Crippen molar-refractivity contribution in [1.82, 2.24) is 25.7 Å². The molecule has 9 nitrogen and oxygen atoms in total. The molecule has 0 spiro atoms. The number of amides is 2. The van der Waals surface area contributed by atoms with Crippen LogP contribution in [0.1, 0.15) is 18.5 Å². The molecular formula is C19H22F3N5O4. The Kier molecular flexibility index (Phi) is 8.55.